The molecule has 1 heterocycles. The fraction of sp³-hybridized carbons (Fsp3) is 0.500. The topological polar surface area (TPSA) is 108 Å². The molecule has 1 aliphatic rings. The Morgan fingerprint density at radius 2 is 1.70 bits per heavy atom. The number of halogens is 5. The highest BCUT2D eigenvalue weighted by molar-refractivity contribution is 6.30. The summed E-state index contributed by atoms with van der Waals surface area (Å²) in [6, 6.07) is 10.2. The zero-order valence-corrected chi connectivity index (χ0v) is 26.9. The van der Waals surface area contributed by atoms with Gasteiger partial charge in [0, 0.05) is 44.2 Å². The van der Waals surface area contributed by atoms with E-state index in [9.17, 15) is 36.7 Å². The zero-order valence-electron chi connectivity index (χ0n) is 26.1. The first kappa shape index (κ1) is 36.8. The number of benzene rings is 2. The molecule has 3 rings (SSSR count). The number of ether oxygens (including phenoxy) is 1. The van der Waals surface area contributed by atoms with Crippen molar-refractivity contribution in [3.63, 3.8) is 0 Å². The first-order chi connectivity index (χ1) is 21.5. The lowest BCUT2D eigenvalue weighted by atomic mass is 9.97. The number of alkyl halides is 3. The van der Waals surface area contributed by atoms with E-state index < -0.39 is 47.5 Å². The molecule has 0 spiro atoms. The van der Waals surface area contributed by atoms with Crippen LogP contribution in [0, 0.1) is 5.82 Å². The minimum atomic E-state index is -5.33. The highest BCUT2D eigenvalue weighted by atomic mass is 35.5. The van der Waals surface area contributed by atoms with E-state index in [0.29, 0.717) is 42.9 Å². The van der Waals surface area contributed by atoms with Gasteiger partial charge in [-0.15, -0.1) is 0 Å². The Morgan fingerprint density at radius 3 is 2.28 bits per heavy atom. The Labute approximate surface area is 270 Å². The highest BCUT2D eigenvalue weighted by Crippen LogP contribution is 2.24. The standard InChI is InChI=1S/C32H39ClF4N4O5/c1-5-7-24-19-40(26(27(42)38-4)18-21-8-6-9-22(33)16-21)14-15-41(24)28(43)25(17-20-10-12-23(34)13-11-20)39-29(44)31(2,3)46-30(45)32(35,36)37/h6,8-13,16,24-26H,5,7,14-15,17-19H2,1-4H3,(H,38,42)(H,39,44). The van der Waals surface area contributed by atoms with Gasteiger partial charge < -0.3 is 20.3 Å². The number of piperazine rings is 1. The van der Waals surface area contributed by atoms with Gasteiger partial charge in [0.05, 0.1) is 6.04 Å². The van der Waals surface area contributed by atoms with Crippen molar-refractivity contribution in [1.29, 1.82) is 0 Å². The number of hydrogen-bond donors (Lipinski definition) is 2. The van der Waals surface area contributed by atoms with Gasteiger partial charge in [0.15, 0.2) is 5.60 Å². The Hall–Kier alpha value is -3.71. The van der Waals surface area contributed by atoms with Gasteiger partial charge in [0.2, 0.25) is 11.8 Å². The quantitative estimate of drug-likeness (QED) is 0.261. The van der Waals surface area contributed by atoms with Gasteiger partial charge in [0.1, 0.15) is 11.9 Å². The zero-order chi connectivity index (χ0) is 34.2. The average Bonchev–Trinajstić information content (AvgIpc) is 2.99. The fourth-order valence-electron chi connectivity index (χ4n) is 5.40. The second-order valence-corrected chi connectivity index (χ2v) is 12.1. The monoisotopic (exact) mass is 670 g/mol. The molecule has 0 aliphatic carbocycles. The third-order valence-corrected chi connectivity index (χ3v) is 8.04. The third kappa shape index (κ3) is 9.89. The van der Waals surface area contributed by atoms with Gasteiger partial charge in [-0.1, -0.05) is 49.2 Å². The van der Waals surface area contributed by atoms with E-state index in [4.69, 9.17) is 11.6 Å². The number of esters is 1. The maximum atomic E-state index is 14.1. The van der Waals surface area contributed by atoms with E-state index in [1.165, 1.54) is 24.3 Å². The molecule has 0 bridgehead atoms. The van der Waals surface area contributed by atoms with E-state index in [1.54, 1.807) is 30.1 Å². The van der Waals surface area contributed by atoms with Crippen molar-refractivity contribution >= 4 is 35.3 Å². The maximum absolute atomic E-state index is 14.1. The second-order valence-electron chi connectivity index (χ2n) is 11.7. The maximum Gasteiger partial charge on any atom is 0.490 e. The van der Waals surface area contributed by atoms with Gasteiger partial charge in [-0.2, -0.15) is 13.2 Å². The van der Waals surface area contributed by atoms with Crippen molar-refractivity contribution in [2.45, 2.75) is 76.4 Å². The number of amides is 3. The third-order valence-electron chi connectivity index (χ3n) is 7.81. The number of nitrogens with one attached hydrogen (secondary N) is 2. The SMILES string of the molecule is CCCC1CN(C(Cc2cccc(Cl)c2)C(=O)NC)CCN1C(=O)C(Cc1ccc(F)cc1)NC(=O)C(C)(C)OC(=O)C(F)(F)F. The molecule has 0 radical (unpaired) electrons. The van der Waals surface area contributed by atoms with Crippen LogP contribution in [-0.2, 0) is 36.8 Å². The van der Waals surface area contributed by atoms with Gasteiger partial charge in [-0.3, -0.25) is 19.3 Å². The lowest BCUT2D eigenvalue weighted by Crippen LogP contribution is -2.63. The number of carbonyl (C=O) groups excluding carboxylic acids is 4. The summed E-state index contributed by atoms with van der Waals surface area (Å²) in [5.74, 6) is -4.89. The smallest absolute Gasteiger partial charge is 0.443 e. The summed E-state index contributed by atoms with van der Waals surface area (Å²) in [5, 5.41) is 5.73. The molecule has 46 heavy (non-hydrogen) atoms. The van der Waals surface area contributed by atoms with E-state index in [2.05, 4.69) is 15.4 Å². The van der Waals surface area contributed by atoms with E-state index in [-0.39, 0.29) is 24.9 Å². The second kappa shape index (κ2) is 15.7. The van der Waals surface area contributed by atoms with Crippen LogP contribution in [0.3, 0.4) is 0 Å². The molecule has 9 nitrogen and oxygen atoms in total. The highest BCUT2D eigenvalue weighted by Gasteiger charge is 2.47. The van der Waals surface area contributed by atoms with Crippen molar-refractivity contribution in [2.24, 2.45) is 0 Å². The van der Waals surface area contributed by atoms with Crippen LogP contribution >= 0.6 is 11.6 Å². The van der Waals surface area contributed by atoms with E-state index >= 15 is 0 Å². The first-order valence-electron chi connectivity index (χ1n) is 14.9. The molecule has 14 heteroatoms. The summed E-state index contributed by atoms with van der Waals surface area (Å²) in [7, 11) is 1.55. The lowest BCUT2D eigenvalue weighted by Gasteiger charge is -2.45. The number of rotatable bonds is 12. The Morgan fingerprint density at radius 1 is 1.02 bits per heavy atom. The molecular weight excluding hydrogens is 632 g/mol. The van der Waals surface area contributed by atoms with Gasteiger partial charge in [-0.05, 0) is 62.1 Å². The molecule has 1 aliphatic heterocycles. The largest absolute Gasteiger partial charge is 0.490 e. The van der Waals surface area contributed by atoms with Crippen LogP contribution in [0.25, 0.3) is 0 Å². The minimum absolute atomic E-state index is 0.108. The molecule has 252 valence electrons. The fourth-order valence-corrected chi connectivity index (χ4v) is 5.61. The normalized spacial score (nSPS) is 17.2. The van der Waals surface area contributed by atoms with Crippen LogP contribution in [0.2, 0.25) is 5.02 Å². The molecule has 1 fully saturated rings. The van der Waals surface area contributed by atoms with Gasteiger partial charge >= 0.3 is 12.1 Å². The number of likely N-dealkylation sites (N-methyl/N-ethyl adjacent to an activating group) is 1. The van der Waals surface area contributed by atoms with Crippen molar-refractivity contribution in [3.8, 4) is 0 Å². The Kier molecular flexibility index (Phi) is 12.6. The summed E-state index contributed by atoms with van der Waals surface area (Å²) in [6.07, 6.45) is -3.81. The van der Waals surface area contributed by atoms with E-state index in [1.807, 2.05) is 17.9 Å². The van der Waals surface area contributed by atoms with Gasteiger partial charge in [0.25, 0.3) is 5.91 Å². The molecule has 3 unspecified atom stereocenters. The lowest BCUT2D eigenvalue weighted by molar-refractivity contribution is -0.211. The number of carbonyl (C=O) groups is 4. The average molecular weight is 671 g/mol. The van der Waals surface area contributed by atoms with E-state index in [0.717, 1.165) is 19.4 Å². The van der Waals surface area contributed by atoms with Crippen molar-refractivity contribution in [3.05, 3.63) is 70.5 Å². The van der Waals surface area contributed by atoms with Crippen LogP contribution in [-0.4, -0.2) is 90.1 Å². The van der Waals surface area contributed by atoms with Crippen molar-refractivity contribution in [2.75, 3.05) is 26.7 Å². The first-order valence-corrected chi connectivity index (χ1v) is 15.3. The molecule has 0 saturated carbocycles. The van der Waals surface area contributed by atoms with Crippen LogP contribution in [0.4, 0.5) is 17.6 Å². The van der Waals surface area contributed by atoms with Crippen LogP contribution < -0.4 is 10.6 Å². The molecule has 1 saturated heterocycles. The van der Waals surface area contributed by atoms with Crippen LogP contribution in [0.1, 0.15) is 44.7 Å². The minimum Gasteiger partial charge on any atom is -0.443 e. The molecule has 3 amide bonds. The van der Waals surface area contributed by atoms with Gasteiger partial charge in [-0.25, -0.2) is 9.18 Å². The molecule has 2 aromatic carbocycles. The molecule has 3 atom stereocenters. The number of hydrogen-bond acceptors (Lipinski definition) is 6. The molecule has 2 aromatic rings. The molecule has 0 aromatic heterocycles. The predicted molar refractivity (Wildman–Crippen MR) is 163 cm³/mol. The number of nitrogens with zero attached hydrogens (tertiary/aromatic N) is 2. The summed E-state index contributed by atoms with van der Waals surface area (Å²) in [4.78, 5) is 55.4. The predicted octanol–water partition coefficient (Wildman–Crippen LogP) is 4.06. The summed E-state index contributed by atoms with van der Waals surface area (Å²) >= 11 is 6.17. The summed E-state index contributed by atoms with van der Waals surface area (Å²) in [5.41, 5.74) is -0.921. The molecule has 2 N–H and O–H groups in total. The molecular formula is C32H39ClF4N4O5. The Bertz CT molecular complexity index is 1390. The van der Waals surface area contributed by atoms with Crippen molar-refractivity contribution in [1.82, 2.24) is 20.4 Å². The van der Waals surface area contributed by atoms with Crippen LogP contribution in [0.5, 0.6) is 0 Å². The van der Waals surface area contributed by atoms with Crippen molar-refractivity contribution < 1.29 is 41.5 Å². The van der Waals surface area contributed by atoms with Crippen LogP contribution in [0.15, 0.2) is 48.5 Å². The Balaban J connectivity index is 1.87. The summed E-state index contributed by atoms with van der Waals surface area (Å²) < 4.78 is 56.7. The summed E-state index contributed by atoms with van der Waals surface area (Å²) in [6.45, 7) is 4.76.